The number of carboxylic acid groups (broad SMARTS) is 1. The summed E-state index contributed by atoms with van der Waals surface area (Å²) >= 11 is 0. The van der Waals surface area contributed by atoms with Gasteiger partial charge >= 0.3 is 5.97 Å². The largest absolute Gasteiger partial charge is 0.481 e. The second kappa shape index (κ2) is 5.65. The van der Waals surface area contributed by atoms with Gasteiger partial charge in [0.1, 0.15) is 12.0 Å². The number of aliphatic carboxylic acids is 1. The van der Waals surface area contributed by atoms with E-state index in [1.807, 2.05) is 0 Å². The lowest BCUT2D eigenvalue weighted by molar-refractivity contribution is -0.152. The molecule has 0 fully saturated rings. The molecule has 0 saturated heterocycles. The minimum Gasteiger partial charge on any atom is -0.481 e. The fraction of sp³-hybridized carbons (Fsp3) is 0.727. The van der Waals surface area contributed by atoms with Gasteiger partial charge in [-0.05, 0) is 12.3 Å². The van der Waals surface area contributed by atoms with Crippen LogP contribution in [0.5, 0.6) is 0 Å². The SMILES string of the molecule is CNC(=O)C(C)NC(=O)C(C(=O)O)C(C)(C)C. The maximum Gasteiger partial charge on any atom is 0.316 e. The van der Waals surface area contributed by atoms with Crippen LogP contribution in [0.1, 0.15) is 27.7 Å². The Bertz CT molecular complexity index is 320. The summed E-state index contributed by atoms with van der Waals surface area (Å²) in [7, 11) is 1.45. The number of carboxylic acids is 1. The molecule has 0 aromatic heterocycles. The molecule has 0 aliphatic heterocycles. The molecule has 6 nitrogen and oxygen atoms in total. The lowest BCUT2D eigenvalue weighted by atomic mass is 9.80. The van der Waals surface area contributed by atoms with E-state index >= 15 is 0 Å². The van der Waals surface area contributed by atoms with E-state index in [0.717, 1.165) is 0 Å². The van der Waals surface area contributed by atoms with Crippen molar-refractivity contribution in [1.82, 2.24) is 10.6 Å². The third-order valence-electron chi connectivity index (χ3n) is 2.37. The summed E-state index contributed by atoms with van der Waals surface area (Å²) in [6, 6.07) is -0.753. The van der Waals surface area contributed by atoms with Gasteiger partial charge in [0.15, 0.2) is 0 Å². The Morgan fingerprint density at radius 1 is 1.12 bits per heavy atom. The van der Waals surface area contributed by atoms with Crippen molar-refractivity contribution in [2.75, 3.05) is 7.05 Å². The number of carbonyl (C=O) groups is 3. The topological polar surface area (TPSA) is 95.5 Å². The first-order chi connectivity index (χ1) is 7.61. The molecule has 0 saturated carbocycles. The Morgan fingerprint density at radius 2 is 1.59 bits per heavy atom. The van der Waals surface area contributed by atoms with E-state index in [0.29, 0.717) is 0 Å². The Morgan fingerprint density at radius 3 is 1.88 bits per heavy atom. The highest BCUT2D eigenvalue weighted by Crippen LogP contribution is 2.26. The molecule has 17 heavy (non-hydrogen) atoms. The molecule has 0 aromatic rings. The summed E-state index contributed by atoms with van der Waals surface area (Å²) in [5, 5.41) is 13.8. The van der Waals surface area contributed by atoms with Gasteiger partial charge in [0.2, 0.25) is 11.8 Å². The predicted molar refractivity (Wildman–Crippen MR) is 62.3 cm³/mol. The van der Waals surface area contributed by atoms with Crippen LogP contribution in [0.15, 0.2) is 0 Å². The fourth-order valence-corrected chi connectivity index (χ4v) is 1.45. The van der Waals surface area contributed by atoms with Crippen LogP contribution in [0.25, 0.3) is 0 Å². The van der Waals surface area contributed by atoms with E-state index < -0.39 is 29.3 Å². The number of likely N-dealkylation sites (N-methyl/N-ethyl adjacent to an activating group) is 1. The summed E-state index contributed by atoms with van der Waals surface area (Å²) in [5.41, 5.74) is -0.710. The lowest BCUT2D eigenvalue weighted by Crippen LogP contribution is -2.50. The third-order valence-corrected chi connectivity index (χ3v) is 2.37. The van der Waals surface area contributed by atoms with Crippen LogP contribution in [0.2, 0.25) is 0 Å². The second-order valence-corrected chi connectivity index (χ2v) is 4.98. The average Bonchev–Trinajstić information content (AvgIpc) is 2.12. The lowest BCUT2D eigenvalue weighted by Gasteiger charge is -2.27. The molecule has 0 heterocycles. The van der Waals surface area contributed by atoms with E-state index in [-0.39, 0.29) is 5.91 Å². The van der Waals surface area contributed by atoms with Gasteiger partial charge in [-0.25, -0.2) is 0 Å². The van der Waals surface area contributed by atoms with Crippen molar-refractivity contribution in [2.45, 2.75) is 33.7 Å². The molecule has 0 spiro atoms. The van der Waals surface area contributed by atoms with Crippen molar-refractivity contribution in [3.05, 3.63) is 0 Å². The third kappa shape index (κ3) is 4.42. The first-order valence-electron chi connectivity index (χ1n) is 5.36. The van der Waals surface area contributed by atoms with Gasteiger partial charge in [-0.3, -0.25) is 14.4 Å². The molecule has 0 aliphatic rings. The first kappa shape index (κ1) is 15.4. The van der Waals surface area contributed by atoms with Crippen molar-refractivity contribution in [3.63, 3.8) is 0 Å². The van der Waals surface area contributed by atoms with E-state index in [1.54, 1.807) is 20.8 Å². The maximum atomic E-state index is 11.8. The number of carbonyl (C=O) groups excluding carboxylic acids is 2. The molecule has 2 atom stereocenters. The summed E-state index contributed by atoms with van der Waals surface area (Å²) < 4.78 is 0. The summed E-state index contributed by atoms with van der Waals surface area (Å²) in [4.78, 5) is 34.1. The standard InChI is InChI=1S/C11H20N2O4/c1-6(8(14)12-5)13-9(15)7(10(16)17)11(2,3)4/h6-7H,1-5H3,(H,12,14)(H,13,15)(H,16,17). The zero-order chi connectivity index (χ0) is 13.8. The molecular formula is C11H20N2O4. The number of hydrogen-bond acceptors (Lipinski definition) is 3. The predicted octanol–water partition coefficient (Wildman–Crippen LogP) is -0.0160. The maximum absolute atomic E-state index is 11.8. The van der Waals surface area contributed by atoms with E-state index in [2.05, 4.69) is 10.6 Å². The van der Waals surface area contributed by atoms with Crippen LogP contribution >= 0.6 is 0 Å². The van der Waals surface area contributed by atoms with Crippen LogP contribution in [-0.4, -0.2) is 36.0 Å². The van der Waals surface area contributed by atoms with E-state index in [4.69, 9.17) is 5.11 Å². The molecule has 0 aromatic carbocycles. The molecule has 2 amide bonds. The van der Waals surface area contributed by atoms with Crippen LogP contribution in [-0.2, 0) is 14.4 Å². The van der Waals surface area contributed by atoms with Gasteiger partial charge in [0.25, 0.3) is 0 Å². The van der Waals surface area contributed by atoms with Gasteiger partial charge in [0, 0.05) is 7.05 Å². The fourth-order valence-electron chi connectivity index (χ4n) is 1.45. The number of amides is 2. The summed E-state index contributed by atoms with van der Waals surface area (Å²) in [6.07, 6.45) is 0. The Kier molecular flexibility index (Phi) is 5.12. The van der Waals surface area contributed by atoms with Gasteiger partial charge in [-0.1, -0.05) is 20.8 Å². The van der Waals surface area contributed by atoms with Crippen LogP contribution in [0, 0.1) is 11.3 Å². The molecule has 0 bridgehead atoms. The number of hydrogen-bond donors (Lipinski definition) is 3. The Hall–Kier alpha value is -1.59. The minimum absolute atomic E-state index is 0.364. The van der Waals surface area contributed by atoms with Gasteiger partial charge < -0.3 is 15.7 Å². The van der Waals surface area contributed by atoms with E-state index in [1.165, 1.54) is 14.0 Å². The van der Waals surface area contributed by atoms with Gasteiger partial charge in [0.05, 0.1) is 0 Å². The van der Waals surface area contributed by atoms with Crippen molar-refractivity contribution < 1.29 is 19.5 Å². The normalized spacial score (nSPS) is 14.6. The summed E-state index contributed by atoms with van der Waals surface area (Å²) in [5.74, 6) is -3.40. The molecule has 0 aliphatic carbocycles. The quantitative estimate of drug-likeness (QED) is 0.606. The summed E-state index contributed by atoms with van der Waals surface area (Å²) in [6.45, 7) is 6.49. The van der Waals surface area contributed by atoms with Crippen LogP contribution in [0.3, 0.4) is 0 Å². The molecule has 6 heteroatoms. The van der Waals surface area contributed by atoms with E-state index in [9.17, 15) is 14.4 Å². The zero-order valence-corrected chi connectivity index (χ0v) is 10.8. The first-order valence-corrected chi connectivity index (χ1v) is 5.36. The smallest absolute Gasteiger partial charge is 0.316 e. The monoisotopic (exact) mass is 244 g/mol. The number of rotatable bonds is 4. The van der Waals surface area contributed by atoms with Crippen molar-refractivity contribution in [2.24, 2.45) is 11.3 Å². The van der Waals surface area contributed by atoms with Crippen LogP contribution < -0.4 is 10.6 Å². The molecule has 0 rings (SSSR count). The highest BCUT2D eigenvalue weighted by atomic mass is 16.4. The van der Waals surface area contributed by atoms with Crippen molar-refractivity contribution in [1.29, 1.82) is 0 Å². The highest BCUT2D eigenvalue weighted by Gasteiger charge is 2.38. The molecule has 2 unspecified atom stereocenters. The minimum atomic E-state index is -1.20. The molecular weight excluding hydrogens is 224 g/mol. The van der Waals surface area contributed by atoms with Gasteiger partial charge in [-0.15, -0.1) is 0 Å². The van der Waals surface area contributed by atoms with Crippen LogP contribution in [0.4, 0.5) is 0 Å². The zero-order valence-electron chi connectivity index (χ0n) is 10.8. The molecule has 3 N–H and O–H groups in total. The van der Waals surface area contributed by atoms with Crippen molar-refractivity contribution >= 4 is 17.8 Å². The Labute approximate surface area is 101 Å². The van der Waals surface area contributed by atoms with Gasteiger partial charge in [-0.2, -0.15) is 0 Å². The van der Waals surface area contributed by atoms with Crippen molar-refractivity contribution in [3.8, 4) is 0 Å². The Balaban J connectivity index is 4.78. The second-order valence-electron chi connectivity index (χ2n) is 4.98. The number of nitrogens with one attached hydrogen (secondary N) is 2. The molecule has 0 radical (unpaired) electrons. The molecule has 98 valence electrons. The average molecular weight is 244 g/mol. The highest BCUT2D eigenvalue weighted by molar-refractivity contribution is 5.99.